The van der Waals surface area contributed by atoms with E-state index >= 15 is 0 Å². The van der Waals surface area contributed by atoms with Crippen LogP contribution in [0.15, 0.2) is 36.5 Å². The molecular weight excluding hydrogens is 179 g/mol. The summed E-state index contributed by atoms with van der Waals surface area (Å²) in [5, 5.41) is 0. The van der Waals surface area contributed by atoms with Crippen molar-refractivity contribution >= 4 is 0 Å². The third kappa shape index (κ3) is 6.13. The molecule has 0 atom stereocenters. The van der Waals surface area contributed by atoms with Crippen molar-refractivity contribution in [1.29, 1.82) is 0 Å². The second-order valence-electron chi connectivity index (χ2n) is 2.53. The molecule has 0 unspecified atom stereocenters. The number of hydrogen-bond acceptors (Lipinski definition) is 0. The van der Waals surface area contributed by atoms with Gasteiger partial charge in [-0.15, -0.1) is 0 Å². The second-order valence-corrected chi connectivity index (χ2v) is 2.53. The summed E-state index contributed by atoms with van der Waals surface area (Å²) in [4.78, 5) is 0. The molecule has 0 amide bonds. The molecule has 0 radical (unpaired) electrons. The predicted octanol–water partition coefficient (Wildman–Crippen LogP) is 3.23. The molecule has 1 aliphatic carbocycles. The van der Waals surface area contributed by atoms with Gasteiger partial charge in [-0.1, -0.05) is 36.5 Å². The van der Waals surface area contributed by atoms with Crippen molar-refractivity contribution in [3.8, 4) is 0 Å². The molecule has 0 fully saturated rings. The molecule has 0 aliphatic heterocycles. The Kier molecular flexibility index (Phi) is 7.61. The minimum Gasteiger partial charge on any atom is -0.0845 e. The minimum absolute atomic E-state index is 0. The Bertz CT molecular complexity index is 136. The fourth-order valence-corrected chi connectivity index (χ4v) is 1.00. The van der Waals surface area contributed by atoms with E-state index in [2.05, 4.69) is 36.5 Å². The Morgan fingerprint density at radius 3 is 1.55 bits per heavy atom. The van der Waals surface area contributed by atoms with E-state index in [9.17, 15) is 0 Å². The molecule has 64 valence electrons. The van der Waals surface area contributed by atoms with Gasteiger partial charge in [-0.25, -0.2) is 0 Å². The molecule has 0 bridgehead atoms. The maximum Gasteiger partial charge on any atom is 0 e. The van der Waals surface area contributed by atoms with Gasteiger partial charge in [-0.3, -0.25) is 0 Å². The molecule has 0 spiro atoms. The summed E-state index contributed by atoms with van der Waals surface area (Å²) in [5.41, 5.74) is 0. The fourth-order valence-electron chi connectivity index (χ4n) is 1.00. The van der Waals surface area contributed by atoms with E-state index in [1.807, 2.05) is 0 Å². The maximum atomic E-state index is 2.23. The molecule has 1 heteroatoms. The first-order valence-corrected chi connectivity index (χ1v) is 3.98. The smallest absolute Gasteiger partial charge is 0 e. The van der Waals surface area contributed by atoms with E-state index in [1.165, 1.54) is 25.7 Å². The van der Waals surface area contributed by atoms with Crippen LogP contribution in [-0.2, 0) is 16.5 Å². The molecule has 0 heterocycles. The van der Waals surface area contributed by atoms with Crippen LogP contribution in [0.4, 0.5) is 0 Å². The van der Waals surface area contributed by atoms with Crippen LogP contribution in [-0.4, -0.2) is 0 Å². The van der Waals surface area contributed by atoms with Crippen molar-refractivity contribution in [3.63, 3.8) is 0 Å². The van der Waals surface area contributed by atoms with Gasteiger partial charge in [0.05, 0.1) is 0 Å². The van der Waals surface area contributed by atoms with Crippen LogP contribution in [0, 0.1) is 0 Å². The van der Waals surface area contributed by atoms with Gasteiger partial charge in [-0.2, -0.15) is 0 Å². The summed E-state index contributed by atoms with van der Waals surface area (Å²) >= 11 is 0. The molecule has 0 nitrogen and oxygen atoms in total. The van der Waals surface area contributed by atoms with E-state index in [1.54, 1.807) is 0 Å². The van der Waals surface area contributed by atoms with E-state index in [4.69, 9.17) is 0 Å². The quantitative estimate of drug-likeness (QED) is 0.518. The normalized spacial score (nSPS) is 17.5. The monoisotopic (exact) mass is 192 g/mol. The third-order valence-corrected chi connectivity index (χ3v) is 1.60. The zero-order chi connectivity index (χ0) is 7.07. The standard InChI is InChI=1S/C10H14.Ni/c1-2-4-6-8-10-9-7-5-3-1;/h1-6H,7-10H2;. The van der Waals surface area contributed by atoms with Gasteiger partial charge < -0.3 is 0 Å². The molecule has 0 N–H and O–H groups in total. The first kappa shape index (κ1) is 10.7. The number of rotatable bonds is 0. The molecule has 0 saturated heterocycles. The molecule has 1 rings (SSSR count). The van der Waals surface area contributed by atoms with Gasteiger partial charge in [0.2, 0.25) is 0 Å². The molecule has 0 aromatic heterocycles. The largest absolute Gasteiger partial charge is 0.0845 e. The van der Waals surface area contributed by atoms with Crippen molar-refractivity contribution in [2.24, 2.45) is 0 Å². The number of allylic oxidation sites excluding steroid dienone is 6. The van der Waals surface area contributed by atoms with Crippen LogP contribution in [0.25, 0.3) is 0 Å². The molecule has 0 saturated carbocycles. The summed E-state index contributed by atoms with van der Waals surface area (Å²) in [6.45, 7) is 0. The first-order valence-electron chi connectivity index (χ1n) is 3.98. The molecule has 11 heavy (non-hydrogen) atoms. The topological polar surface area (TPSA) is 0 Å². The summed E-state index contributed by atoms with van der Waals surface area (Å²) < 4.78 is 0. The Hall–Kier alpha value is -0.286. The van der Waals surface area contributed by atoms with Crippen LogP contribution < -0.4 is 0 Å². The molecular formula is C10H14Ni. The van der Waals surface area contributed by atoms with E-state index in [0.717, 1.165) is 0 Å². The maximum absolute atomic E-state index is 2.23. The zero-order valence-electron chi connectivity index (χ0n) is 6.61. The third-order valence-electron chi connectivity index (χ3n) is 1.60. The van der Waals surface area contributed by atoms with Crippen molar-refractivity contribution in [2.45, 2.75) is 25.7 Å². The van der Waals surface area contributed by atoms with Gasteiger partial charge >= 0.3 is 0 Å². The van der Waals surface area contributed by atoms with Gasteiger partial charge in [0.15, 0.2) is 0 Å². The summed E-state index contributed by atoms with van der Waals surface area (Å²) in [7, 11) is 0. The summed E-state index contributed by atoms with van der Waals surface area (Å²) in [6, 6.07) is 0. The predicted molar refractivity (Wildman–Crippen MR) is 45.9 cm³/mol. The Morgan fingerprint density at radius 1 is 0.636 bits per heavy atom. The average Bonchev–Trinajstić information content (AvgIpc) is 2.01. The Labute approximate surface area is 79.0 Å². The van der Waals surface area contributed by atoms with Gasteiger partial charge in [-0.05, 0) is 25.7 Å². The van der Waals surface area contributed by atoms with Crippen LogP contribution in [0.2, 0.25) is 0 Å². The first-order chi connectivity index (χ1) is 5.00. The Balaban J connectivity index is 0.000001000. The van der Waals surface area contributed by atoms with E-state index in [0.29, 0.717) is 0 Å². The summed E-state index contributed by atoms with van der Waals surface area (Å²) in [5.74, 6) is 0. The SMILES string of the molecule is C1=CC=CCCCCC=C1.[Ni]. The van der Waals surface area contributed by atoms with Crippen LogP contribution in [0.1, 0.15) is 25.7 Å². The van der Waals surface area contributed by atoms with Crippen LogP contribution in [0.5, 0.6) is 0 Å². The average molecular weight is 193 g/mol. The van der Waals surface area contributed by atoms with Crippen molar-refractivity contribution in [3.05, 3.63) is 36.5 Å². The van der Waals surface area contributed by atoms with Crippen LogP contribution in [0.3, 0.4) is 0 Å². The second kappa shape index (κ2) is 7.82. The molecule has 0 aromatic rings. The molecule has 1 aliphatic rings. The minimum atomic E-state index is 0. The van der Waals surface area contributed by atoms with E-state index in [-0.39, 0.29) is 16.5 Å². The number of hydrogen-bond donors (Lipinski definition) is 0. The van der Waals surface area contributed by atoms with Crippen LogP contribution >= 0.6 is 0 Å². The van der Waals surface area contributed by atoms with Crippen molar-refractivity contribution in [2.75, 3.05) is 0 Å². The molecule has 0 aromatic carbocycles. The van der Waals surface area contributed by atoms with E-state index < -0.39 is 0 Å². The fraction of sp³-hybridized carbons (Fsp3) is 0.400. The van der Waals surface area contributed by atoms with Crippen molar-refractivity contribution < 1.29 is 16.5 Å². The Morgan fingerprint density at radius 2 is 1.09 bits per heavy atom. The van der Waals surface area contributed by atoms with Gasteiger partial charge in [0.25, 0.3) is 0 Å². The zero-order valence-corrected chi connectivity index (χ0v) is 7.60. The van der Waals surface area contributed by atoms with Crippen molar-refractivity contribution in [1.82, 2.24) is 0 Å². The summed E-state index contributed by atoms with van der Waals surface area (Å²) in [6.07, 6.45) is 18.0. The van der Waals surface area contributed by atoms with Gasteiger partial charge in [0.1, 0.15) is 0 Å². The van der Waals surface area contributed by atoms with Gasteiger partial charge in [0, 0.05) is 16.5 Å².